The van der Waals surface area contributed by atoms with Crippen LogP contribution in [0.5, 0.6) is 0 Å². The average Bonchev–Trinajstić information content (AvgIpc) is 2.46. The van der Waals surface area contributed by atoms with E-state index in [9.17, 15) is 14.9 Å². The number of benzene rings is 2. The predicted molar refractivity (Wildman–Crippen MR) is 79.8 cm³/mol. The largest absolute Gasteiger partial charge is 0.398 e. The van der Waals surface area contributed by atoms with Crippen molar-refractivity contribution in [3.05, 3.63) is 63.7 Å². The number of hydrogen-bond donors (Lipinski definition) is 3. The number of aryl methyl sites for hydroxylation is 1. The lowest BCUT2D eigenvalue weighted by Crippen LogP contribution is -2.30. The molecular formula is C14H14N4O3. The van der Waals surface area contributed by atoms with Gasteiger partial charge in [0.2, 0.25) is 0 Å². The van der Waals surface area contributed by atoms with Crippen LogP contribution in [0.4, 0.5) is 17.1 Å². The molecule has 0 saturated heterocycles. The van der Waals surface area contributed by atoms with Gasteiger partial charge in [-0.15, -0.1) is 0 Å². The zero-order valence-electron chi connectivity index (χ0n) is 11.3. The predicted octanol–water partition coefficient (Wildman–Crippen LogP) is 2.24. The smallest absolute Gasteiger partial charge is 0.271 e. The number of hydrazine groups is 1. The van der Waals surface area contributed by atoms with Crippen LogP contribution in [0, 0.1) is 17.0 Å². The molecule has 0 aliphatic rings. The van der Waals surface area contributed by atoms with Crippen molar-refractivity contribution in [3.8, 4) is 0 Å². The van der Waals surface area contributed by atoms with E-state index in [4.69, 9.17) is 5.73 Å². The lowest BCUT2D eigenvalue weighted by atomic mass is 10.1. The lowest BCUT2D eigenvalue weighted by molar-refractivity contribution is -0.384. The minimum atomic E-state index is -0.578. The van der Waals surface area contributed by atoms with Crippen molar-refractivity contribution in [2.45, 2.75) is 6.92 Å². The highest BCUT2D eigenvalue weighted by molar-refractivity contribution is 6.00. The first-order valence-corrected chi connectivity index (χ1v) is 6.15. The van der Waals surface area contributed by atoms with E-state index in [2.05, 4.69) is 10.9 Å². The Morgan fingerprint density at radius 2 is 1.95 bits per heavy atom. The van der Waals surface area contributed by atoms with Gasteiger partial charge < -0.3 is 5.73 Å². The molecule has 0 atom stereocenters. The van der Waals surface area contributed by atoms with Crippen molar-refractivity contribution in [2.75, 3.05) is 11.2 Å². The molecule has 7 heteroatoms. The fourth-order valence-electron chi connectivity index (χ4n) is 1.76. The van der Waals surface area contributed by atoms with E-state index in [0.29, 0.717) is 0 Å². The van der Waals surface area contributed by atoms with Crippen LogP contribution >= 0.6 is 0 Å². The van der Waals surface area contributed by atoms with Crippen molar-refractivity contribution >= 4 is 23.0 Å². The molecule has 0 radical (unpaired) electrons. The molecule has 4 N–H and O–H groups in total. The van der Waals surface area contributed by atoms with Crippen molar-refractivity contribution in [2.24, 2.45) is 0 Å². The first-order valence-electron chi connectivity index (χ1n) is 6.15. The highest BCUT2D eigenvalue weighted by atomic mass is 16.6. The summed E-state index contributed by atoms with van der Waals surface area (Å²) in [6.07, 6.45) is 0. The summed E-state index contributed by atoms with van der Waals surface area (Å²) in [6.45, 7) is 1.89. The summed E-state index contributed by atoms with van der Waals surface area (Å²) in [5.74, 6) is -0.542. The molecule has 2 aromatic rings. The number of nitrogens with two attached hydrogens (primary N) is 1. The van der Waals surface area contributed by atoms with E-state index >= 15 is 0 Å². The third kappa shape index (κ3) is 3.27. The zero-order valence-corrected chi connectivity index (χ0v) is 11.3. The molecule has 0 bridgehead atoms. The van der Waals surface area contributed by atoms with E-state index in [1.54, 1.807) is 6.07 Å². The van der Waals surface area contributed by atoms with Crippen LogP contribution in [-0.4, -0.2) is 10.8 Å². The van der Waals surface area contributed by atoms with Crippen LogP contribution in [0.15, 0.2) is 42.5 Å². The Kier molecular flexibility index (Phi) is 4.03. The van der Waals surface area contributed by atoms with Crippen LogP contribution in [-0.2, 0) is 0 Å². The summed E-state index contributed by atoms with van der Waals surface area (Å²) < 4.78 is 0. The number of nitrogens with one attached hydrogen (secondary N) is 2. The van der Waals surface area contributed by atoms with E-state index in [1.165, 1.54) is 12.1 Å². The number of hydrogen-bond acceptors (Lipinski definition) is 5. The normalized spacial score (nSPS) is 9.95. The van der Waals surface area contributed by atoms with Crippen molar-refractivity contribution in [1.82, 2.24) is 5.43 Å². The molecule has 0 aromatic heterocycles. The molecule has 0 aliphatic heterocycles. The van der Waals surface area contributed by atoms with Crippen molar-refractivity contribution < 1.29 is 9.72 Å². The highest BCUT2D eigenvalue weighted by Crippen LogP contribution is 2.19. The quantitative estimate of drug-likeness (QED) is 0.453. The summed E-state index contributed by atoms with van der Waals surface area (Å²) in [5, 5.41) is 10.7. The number of rotatable bonds is 4. The molecule has 2 rings (SSSR count). The number of anilines is 2. The Balaban J connectivity index is 2.15. The van der Waals surface area contributed by atoms with Gasteiger partial charge in [0.1, 0.15) is 0 Å². The second-order valence-electron chi connectivity index (χ2n) is 4.42. The fourth-order valence-corrected chi connectivity index (χ4v) is 1.76. The Morgan fingerprint density at radius 1 is 1.24 bits per heavy atom. The maximum absolute atomic E-state index is 12.0. The van der Waals surface area contributed by atoms with Gasteiger partial charge in [0.15, 0.2) is 0 Å². The SMILES string of the molecule is Cc1ccccc1NNC(=O)c1cc([N+](=O)[O-])ccc1N. The van der Waals surface area contributed by atoms with Gasteiger partial charge >= 0.3 is 0 Å². The summed E-state index contributed by atoms with van der Waals surface area (Å²) in [5.41, 5.74) is 12.6. The number of para-hydroxylation sites is 1. The summed E-state index contributed by atoms with van der Waals surface area (Å²) >= 11 is 0. The maximum atomic E-state index is 12.0. The Labute approximate surface area is 120 Å². The number of carbonyl (C=O) groups is 1. The standard InChI is InChI=1S/C14H14N4O3/c1-9-4-2-3-5-13(9)16-17-14(19)11-8-10(18(20)21)6-7-12(11)15/h2-8,16H,15H2,1H3,(H,17,19). The highest BCUT2D eigenvalue weighted by Gasteiger charge is 2.15. The zero-order chi connectivity index (χ0) is 15.4. The van der Waals surface area contributed by atoms with E-state index in [-0.39, 0.29) is 16.9 Å². The first-order chi connectivity index (χ1) is 9.99. The van der Waals surface area contributed by atoms with Gasteiger partial charge in [-0.1, -0.05) is 18.2 Å². The first kappa shape index (κ1) is 14.3. The average molecular weight is 286 g/mol. The van der Waals surface area contributed by atoms with Crippen LogP contribution in [0.1, 0.15) is 15.9 Å². The monoisotopic (exact) mass is 286 g/mol. The summed E-state index contributed by atoms with van der Waals surface area (Å²) in [4.78, 5) is 22.2. The van der Waals surface area contributed by atoms with Gasteiger partial charge in [0, 0.05) is 17.8 Å². The molecule has 0 spiro atoms. The van der Waals surface area contributed by atoms with Gasteiger partial charge in [-0.25, -0.2) is 0 Å². The molecule has 0 saturated carbocycles. The van der Waals surface area contributed by atoms with Crippen molar-refractivity contribution in [1.29, 1.82) is 0 Å². The van der Waals surface area contributed by atoms with Crippen molar-refractivity contribution in [3.63, 3.8) is 0 Å². The topological polar surface area (TPSA) is 110 Å². The number of non-ortho nitro benzene ring substituents is 1. The molecule has 7 nitrogen and oxygen atoms in total. The maximum Gasteiger partial charge on any atom is 0.271 e. The number of nitro groups is 1. The van der Waals surface area contributed by atoms with Crippen LogP contribution < -0.4 is 16.6 Å². The summed E-state index contributed by atoms with van der Waals surface area (Å²) in [7, 11) is 0. The van der Waals surface area contributed by atoms with E-state index < -0.39 is 10.8 Å². The lowest BCUT2D eigenvalue weighted by Gasteiger charge is -2.11. The number of amides is 1. The third-order valence-electron chi connectivity index (χ3n) is 2.95. The molecule has 0 fully saturated rings. The number of nitro benzene ring substituents is 1. The molecule has 0 heterocycles. The number of nitrogens with zero attached hydrogens (tertiary/aromatic N) is 1. The van der Waals surface area contributed by atoms with Gasteiger partial charge in [-0.3, -0.25) is 25.8 Å². The summed E-state index contributed by atoms with van der Waals surface area (Å²) in [6, 6.07) is 11.1. The fraction of sp³-hybridized carbons (Fsp3) is 0.0714. The third-order valence-corrected chi connectivity index (χ3v) is 2.95. The minimum Gasteiger partial charge on any atom is -0.398 e. The van der Waals surface area contributed by atoms with Gasteiger partial charge in [0.25, 0.3) is 11.6 Å². The Bertz CT molecular complexity index is 700. The Hall–Kier alpha value is -3.09. The molecule has 2 aromatic carbocycles. The van der Waals surface area contributed by atoms with Gasteiger partial charge in [-0.05, 0) is 24.6 Å². The molecule has 0 aliphatic carbocycles. The van der Waals surface area contributed by atoms with Crippen LogP contribution in [0.25, 0.3) is 0 Å². The molecule has 21 heavy (non-hydrogen) atoms. The van der Waals surface area contributed by atoms with Gasteiger partial charge in [0.05, 0.1) is 16.2 Å². The molecule has 108 valence electrons. The van der Waals surface area contributed by atoms with Crippen LogP contribution in [0.2, 0.25) is 0 Å². The van der Waals surface area contributed by atoms with Gasteiger partial charge in [-0.2, -0.15) is 0 Å². The van der Waals surface area contributed by atoms with Crippen LogP contribution in [0.3, 0.4) is 0 Å². The molecular weight excluding hydrogens is 272 g/mol. The molecule has 0 unspecified atom stereocenters. The van der Waals surface area contributed by atoms with E-state index in [0.717, 1.165) is 17.3 Å². The molecule has 1 amide bonds. The van der Waals surface area contributed by atoms with E-state index in [1.807, 2.05) is 25.1 Å². The number of nitrogen functional groups attached to an aromatic ring is 1. The second kappa shape index (κ2) is 5.91. The Morgan fingerprint density at radius 3 is 2.62 bits per heavy atom. The number of carbonyl (C=O) groups excluding carboxylic acids is 1. The second-order valence-corrected chi connectivity index (χ2v) is 4.42. The minimum absolute atomic E-state index is 0.0466.